The van der Waals surface area contributed by atoms with Gasteiger partial charge in [0.1, 0.15) is 11.5 Å². The van der Waals surface area contributed by atoms with E-state index >= 15 is 0 Å². The van der Waals surface area contributed by atoms with Crippen LogP contribution < -0.4 is 5.32 Å². The van der Waals surface area contributed by atoms with Gasteiger partial charge in [-0.2, -0.15) is 0 Å². The number of benzene rings is 1. The summed E-state index contributed by atoms with van der Waals surface area (Å²) in [6, 6.07) is 7.52. The third-order valence-electron chi connectivity index (χ3n) is 4.01. The maximum Gasteiger partial charge on any atom is 0.274 e. The lowest BCUT2D eigenvalue weighted by Gasteiger charge is -2.32. The van der Waals surface area contributed by atoms with Crippen molar-refractivity contribution in [3.05, 3.63) is 52.9 Å². The second-order valence-corrected chi connectivity index (χ2v) is 6.14. The molecule has 0 bridgehead atoms. The van der Waals surface area contributed by atoms with E-state index in [9.17, 15) is 9.59 Å². The number of hydrogen-bond donors (Lipinski definition) is 1. The number of piperazine rings is 1. The normalized spacial score (nSPS) is 14.3. The molecule has 0 aliphatic carbocycles. The predicted octanol–water partition coefficient (Wildman–Crippen LogP) is 1.66. The van der Waals surface area contributed by atoms with E-state index in [2.05, 4.69) is 15.3 Å². The number of rotatable bonds is 5. The first-order valence-corrected chi connectivity index (χ1v) is 8.32. The number of halogens is 1. The lowest BCUT2D eigenvalue weighted by atomic mass is 10.2. The lowest BCUT2D eigenvalue weighted by molar-refractivity contribution is -0.119. The first-order chi connectivity index (χ1) is 12.2. The molecule has 1 aromatic heterocycles. The van der Waals surface area contributed by atoms with Crippen LogP contribution in [0, 0.1) is 0 Å². The molecule has 1 aliphatic heterocycles. The fourth-order valence-electron chi connectivity index (χ4n) is 2.52. The largest absolute Gasteiger partial charge is 0.365 e. The van der Waals surface area contributed by atoms with Gasteiger partial charge in [-0.25, -0.2) is 9.97 Å². The Balaban J connectivity index is 1.55. The van der Waals surface area contributed by atoms with Crippen LogP contribution in [0.3, 0.4) is 0 Å². The second-order valence-electron chi connectivity index (χ2n) is 5.70. The Hall–Kier alpha value is -2.67. The zero-order valence-electron chi connectivity index (χ0n) is 13.6. The van der Waals surface area contributed by atoms with E-state index in [-0.39, 0.29) is 5.91 Å². The van der Waals surface area contributed by atoms with Crippen LogP contribution in [0.1, 0.15) is 16.1 Å². The number of nitrogens with one attached hydrogen (secondary N) is 1. The Bertz CT molecular complexity index is 728. The topological polar surface area (TPSA) is 78.4 Å². The molecule has 130 valence electrons. The molecule has 0 radical (unpaired) electrons. The Morgan fingerprint density at radius 1 is 1.12 bits per heavy atom. The molecule has 1 fully saturated rings. The zero-order chi connectivity index (χ0) is 17.6. The number of amides is 2. The van der Waals surface area contributed by atoms with Gasteiger partial charge in [0.2, 0.25) is 6.41 Å². The fourth-order valence-corrected chi connectivity index (χ4v) is 2.64. The van der Waals surface area contributed by atoms with Crippen molar-refractivity contribution >= 4 is 29.7 Å². The summed E-state index contributed by atoms with van der Waals surface area (Å²) in [5.41, 5.74) is 1.37. The third-order valence-corrected chi connectivity index (χ3v) is 4.26. The molecule has 1 saturated heterocycles. The highest BCUT2D eigenvalue weighted by atomic mass is 35.5. The number of anilines is 1. The van der Waals surface area contributed by atoms with Gasteiger partial charge in [0, 0.05) is 37.7 Å². The highest BCUT2D eigenvalue weighted by molar-refractivity contribution is 6.30. The molecular formula is C17H18ClN5O2. The molecule has 25 heavy (non-hydrogen) atoms. The number of carbonyl (C=O) groups excluding carboxylic acids is 2. The van der Waals surface area contributed by atoms with Crippen molar-refractivity contribution < 1.29 is 9.59 Å². The third kappa shape index (κ3) is 4.45. The summed E-state index contributed by atoms with van der Waals surface area (Å²) in [6.45, 7) is 2.70. The summed E-state index contributed by atoms with van der Waals surface area (Å²) in [5, 5.41) is 3.85. The molecule has 0 unspecified atom stereocenters. The van der Waals surface area contributed by atoms with Crippen molar-refractivity contribution in [1.82, 2.24) is 19.8 Å². The van der Waals surface area contributed by atoms with E-state index in [0.29, 0.717) is 49.3 Å². The second kappa shape index (κ2) is 7.94. The van der Waals surface area contributed by atoms with Gasteiger partial charge in [-0.15, -0.1) is 0 Å². The first kappa shape index (κ1) is 17.2. The van der Waals surface area contributed by atoms with Crippen LogP contribution >= 0.6 is 11.6 Å². The molecule has 1 N–H and O–H groups in total. The monoisotopic (exact) mass is 359 g/mol. The van der Waals surface area contributed by atoms with Crippen molar-refractivity contribution in [2.45, 2.75) is 6.54 Å². The van der Waals surface area contributed by atoms with Crippen LogP contribution in [0.5, 0.6) is 0 Å². The summed E-state index contributed by atoms with van der Waals surface area (Å²) in [5.74, 6) is 0.430. The van der Waals surface area contributed by atoms with Crippen LogP contribution in [-0.4, -0.2) is 58.3 Å². The van der Waals surface area contributed by atoms with E-state index in [0.717, 1.165) is 12.0 Å². The SMILES string of the molecule is O=CN1CCN(C(=O)c2cnc(NCc3ccc(Cl)cc3)cn2)CC1. The van der Waals surface area contributed by atoms with Crippen LogP contribution in [0.2, 0.25) is 5.02 Å². The van der Waals surface area contributed by atoms with Gasteiger partial charge in [0.15, 0.2) is 0 Å². The average molecular weight is 360 g/mol. The average Bonchev–Trinajstić information content (AvgIpc) is 2.67. The quantitative estimate of drug-likeness (QED) is 0.821. The highest BCUT2D eigenvalue weighted by Crippen LogP contribution is 2.12. The van der Waals surface area contributed by atoms with Crippen LogP contribution in [0.25, 0.3) is 0 Å². The number of nitrogens with zero attached hydrogens (tertiary/aromatic N) is 4. The van der Waals surface area contributed by atoms with E-state index in [4.69, 9.17) is 11.6 Å². The molecular weight excluding hydrogens is 342 g/mol. The minimum absolute atomic E-state index is 0.165. The van der Waals surface area contributed by atoms with Gasteiger partial charge in [0.25, 0.3) is 5.91 Å². The van der Waals surface area contributed by atoms with Crippen molar-refractivity contribution in [1.29, 1.82) is 0 Å². The van der Waals surface area contributed by atoms with Crippen molar-refractivity contribution in [3.63, 3.8) is 0 Å². The smallest absolute Gasteiger partial charge is 0.274 e. The maximum atomic E-state index is 12.4. The first-order valence-electron chi connectivity index (χ1n) is 7.94. The van der Waals surface area contributed by atoms with Crippen LogP contribution in [0.15, 0.2) is 36.7 Å². The van der Waals surface area contributed by atoms with Crippen molar-refractivity contribution in [3.8, 4) is 0 Å². The Morgan fingerprint density at radius 2 is 1.84 bits per heavy atom. The van der Waals surface area contributed by atoms with Gasteiger partial charge in [-0.05, 0) is 17.7 Å². The molecule has 3 rings (SSSR count). The Kier molecular flexibility index (Phi) is 5.45. The van der Waals surface area contributed by atoms with Crippen molar-refractivity contribution in [2.24, 2.45) is 0 Å². The van der Waals surface area contributed by atoms with Gasteiger partial charge >= 0.3 is 0 Å². The zero-order valence-corrected chi connectivity index (χ0v) is 14.3. The molecule has 8 heteroatoms. The molecule has 1 aliphatic rings. The van der Waals surface area contributed by atoms with Gasteiger partial charge in [-0.1, -0.05) is 23.7 Å². The number of hydrogen-bond acceptors (Lipinski definition) is 5. The fraction of sp³-hybridized carbons (Fsp3) is 0.294. The standard InChI is InChI=1S/C17H18ClN5O2/c18-14-3-1-13(2-4-14)9-20-16-11-19-15(10-21-16)17(25)23-7-5-22(12-24)6-8-23/h1-4,10-12H,5-9H2,(H,20,21). The maximum absolute atomic E-state index is 12.4. The summed E-state index contributed by atoms with van der Waals surface area (Å²) in [7, 11) is 0. The van der Waals surface area contributed by atoms with E-state index in [1.807, 2.05) is 24.3 Å². The van der Waals surface area contributed by atoms with Crippen molar-refractivity contribution in [2.75, 3.05) is 31.5 Å². The molecule has 0 saturated carbocycles. The molecule has 1 aromatic carbocycles. The molecule has 2 aromatic rings. The van der Waals surface area contributed by atoms with Crippen LogP contribution in [0.4, 0.5) is 5.82 Å². The lowest BCUT2D eigenvalue weighted by Crippen LogP contribution is -2.48. The summed E-state index contributed by atoms with van der Waals surface area (Å²) in [4.78, 5) is 34.9. The van der Waals surface area contributed by atoms with Gasteiger partial charge in [0.05, 0.1) is 12.4 Å². The predicted molar refractivity (Wildman–Crippen MR) is 94.4 cm³/mol. The molecule has 2 amide bonds. The summed E-state index contributed by atoms with van der Waals surface area (Å²) < 4.78 is 0. The van der Waals surface area contributed by atoms with Gasteiger partial charge in [-0.3, -0.25) is 9.59 Å². The van der Waals surface area contributed by atoms with Crippen LogP contribution in [-0.2, 0) is 11.3 Å². The van der Waals surface area contributed by atoms with E-state index < -0.39 is 0 Å². The van der Waals surface area contributed by atoms with E-state index in [1.54, 1.807) is 16.0 Å². The highest BCUT2D eigenvalue weighted by Gasteiger charge is 2.22. The molecule has 0 spiro atoms. The molecule has 0 atom stereocenters. The Labute approximate surface area is 150 Å². The summed E-state index contributed by atoms with van der Waals surface area (Å²) >= 11 is 5.86. The number of carbonyl (C=O) groups is 2. The van der Waals surface area contributed by atoms with E-state index in [1.165, 1.54) is 6.20 Å². The molecule has 7 nitrogen and oxygen atoms in total. The minimum atomic E-state index is -0.165. The van der Waals surface area contributed by atoms with Gasteiger partial charge < -0.3 is 15.1 Å². The Morgan fingerprint density at radius 3 is 2.44 bits per heavy atom. The number of aromatic nitrogens is 2. The summed E-state index contributed by atoms with van der Waals surface area (Å²) in [6.07, 6.45) is 3.83. The molecule has 2 heterocycles. The minimum Gasteiger partial charge on any atom is -0.365 e.